The molecule has 2 aromatic carbocycles. The molecule has 2 fully saturated rings. The van der Waals surface area contributed by atoms with Crippen LogP contribution >= 0.6 is 0 Å². The standard InChI is InChI=1S/C21H31NO5Si.C21H33NO4Si/c1-13(27-28(5,6)21(2,3)4)19-16(22-20(19)26)12-17(23)15-9-7-8-14(10-15)11-18(24)25;1-14(26-27(5,6)21(2,3)4)19-17(22-20(19)25)13-18(24)16-9-7-8-15(12-16)10-11-23/h7-10,13,16,19H,11-12H2,1-6H3,(H,22,26)(H,24,25);7-9,12,14,17,19,23H,10-11,13H2,1-6H3,(H,22,25)/t13-,16-,19-;14-,17-,19-/m11/s1. The van der Waals surface area contributed by atoms with Crippen molar-refractivity contribution >= 4 is 46.0 Å². The SMILES string of the molecule is C[C@@H](O[Si](C)(C)C(C)(C)C)[C@H]1C(=O)N[C@@H]1CC(=O)c1cccc(CC(=O)O)c1.C[C@@H](O[Si](C)(C)C(C)(C)C)[C@H]1C(=O)N[C@@H]1CC(=O)c1cccc(CCO)c1. The Kier molecular flexibility index (Phi) is 15.2. The molecule has 2 amide bonds. The van der Waals surface area contributed by atoms with Crippen molar-refractivity contribution in [3.05, 3.63) is 70.8 Å². The zero-order chi connectivity index (χ0) is 41.7. The Bertz CT molecular complexity index is 1710. The van der Waals surface area contributed by atoms with Gasteiger partial charge in [0.05, 0.1) is 42.5 Å². The fourth-order valence-electron chi connectivity index (χ4n) is 6.47. The molecule has 2 heterocycles. The first-order chi connectivity index (χ1) is 25.3. The molecule has 0 saturated carbocycles. The zero-order valence-corrected chi connectivity index (χ0v) is 36.9. The quantitative estimate of drug-likeness (QED) is 0.0818. The lowest BCUT2D eigenvalue weighted by atomic mass is 9.82. The minimum atomic E-state index is -2.02. The van der Waals surface area contributed by atoms with E-state index in [0.717, 1.165) is 5.56 Å². The number of amides is 2. The Hall–Kier alpha value is -3.50. The molecule has 2 aromatic rings. The number of aliphatic carboxylic acids is 1. The molecule has 2 aliphatic rings. The lowest BCUT2D eigenvalue weighted by molar-refractivity contribution is -0.140. The van der Waals surface area contributed by atoms with E-state index in [9.17, 15) is 24.0 Å². The van der Waals surface area contributed by atoms with Gasteiger partial charge in [-0.25, -0.2) is 0 Å². The van der Waals surface area contributed by atoms with Crippen LogP contribution in [0.3, 0.4) is 0 Å². The highest BCUT2D eigenvalue weighted by atomic mass is 28.4. The second kappa shape index (κ2) is 18.2. The Balaban J connectivity index is 0.000000296. The topological polar surface area (TPSA) is 168 Å². The molecule has 304 valence electrons. The van der Waals surface area contributed by atoms with Crippen LogP contribution < -0.4 is 10.6 Å². The number of carboxylic acids is 1. The number of rotatable bonds is 16. The van der Waals surface area contributed by atoms with E-state index in [1.165, 1.54) is 0 Å². The number of nitrogens with one attached hydrogen (secondary N) is 2. The van der Waals surface area contributed by atoms with Gasteiger partial charge in [-0.2, -0.15) is 0 Å². The van der Waals surface area contributed by atoms with Crippen LogP contribution in [0.4, 0.5) is 0 Å². The molecule has 0 spiro atoms. The Morgan fingerprint density at radius 3 is 1.44 bits per heavy atom. The lowest BCUT2D eigenvalue weighted by Gasteiger charge is -2.45. The Labute approximate surface area is 329 Å². The van der Waals surface area contributed by atoms with Crippen LogP contribution in [0.5, 0.6) is 0 Å². The summed E-state index contributed by atoms with van der Waals surface area (Å²) in [6, 6.07) is 13.6. The first-order valence-corrected chi connectivity index (χ1v) is 25.1. The highest BCUT2D eigenvalue weighted by Crippen LogP contribution is 2.40. The molecule has 0 unspecified atom stereocenters. The third-order valence-corrected chi connectivity index (χ3v) is 20.9. The van der Waals surface area contributed by atoms with E-state index in [-0.39, 0.29) is 95.5 Å². The van der Waals surface area contributed by atoms with E-state index in [1.54, 1.807) is 30.3 Å². The molecule has 0 aliphatic carbocycles. The van der Waals surface area contributed by atoms with Gasteiger partial charge in [-0.3, -0.25) is 24.0 Å². The monoisotopic (exact) mass is 796 g/mol. The molecule has 2 saturated heterocycles. The molecule has 0 bridgehead atoms. The van der Waals surface area contributed by atoms with Crippen molar-refractivity contribution in [1.82, 2.24) is 10.6 Å². The maximum absolute atomic E-state index is 12.7. The number of carbonyl (C=O) groups excluding carboxylic acids is 4. The number of hydrogen-bond acceptors (Lipinski definition) is 8. The number of aliphatic hydroxyl groups is 1. The van der Waals surface area contributed by atoms with Gasteiger partial charge < -0.3 is 29.7 Å². The van der Waals surface area contributed by atoms with Crippen LogP contribution in [0.2, 0.25) is 36.3 Å². The van der Waals surface area contributed by atoms with E-state index in [4.69, 9.17) is 19.1 Å². The second-order valence-electron chi connectivity index (χ2n) is 18.1. The Morgan fingerprint density at radius 1 is 0.709 bits per heavy atom. The van der Waals surface area contributed by atoms with E-state index in [2.05, 4.69) is 78.4 Å². The van der Waals surface area contributed by atoms with Gasteiger partial charge in [0, 0.05) is 30.6 Å². The number of β-lactam (4-membered cyclic amide) rings is 2. The molecule has 0 aromatic heterocycles. The molecular formula is C42H64N2O9Si2. The third kappa shape index (κ3) is 12.0. The predicted octanol–water partition coefficient (Wildman–Crippen LogP) is 6.73. The zero-order valence-electron chi connectivity index (χ0n) is 34.9. The molecule has 0 radical (unpaired) electrons. The summed E-state index contributed by atoms with van der Waals surface area (Å²) in [6.45, 7) is 25.5. The molecule has 2 aliphatic heterocycles. The average Bonchev–Trinajstić information content (AvgIpc) is 3.02. The van der Waals surface area contributed by atoms with Crippen molar-refractivity contribution < 1.29 is 43.0 Å². The summed E-state index contributed by atoms with van der Waals surface area (Å²) in [5.41, 5.74) is 2.62. The third-order valence-electron chi connectivity index (χ3n) is 11.8. The maximum atomic E-state index is 12.7. The second-order valence-corrected chi connectivity index (χ2v) is 27.7. The summed E-state index contributed by atoms with van der Waals surface area (Å²) in [7, 11) is -4.00. The number of aliphatic hydroxyl groups excluding tert-OH is 1. The van der Waals surface area contributed by atoms with Crippen LogP contribution in [0.15, 0.2) is 48.5 Å². The van der Waals surface area contributed by atoms with Gasteiger partial charge in [-0.05, 0) is 79.8 Å². The van der Waals surface area contributed by atoms with Gasteiger partial charge in [0.2, 0.25) is 11.8 Å². The number of Topliss-reactive ketones (excluding diaryl/α,β-unsaturated/α-hetero) is 2. The lowest BCUT2D eigenvalue weighted by Crippen LogP contribution is -2.64. The fraction of sp³-hybridized carbons (Fsp3) is 0.595. The first kappa shape index (κ1) is 45.9. The van der Waals surface area contributed by atoms with Crippen molar-refractivity contribution in [3.8, 4) is 0 Å². The molecule has 6 atom stereocenters. The molecule has 11 nitrogen and oxygen atoms in total. The van der Waals surface area contributed by atoms with Gasteiger partial charge in [-0.15, -0.1) is 0 Å². The van der Waals surface area contributed by atoms with Crippen LogP contribution in [0.25, 0.3) is 0 Å². The fourth-order valence-corrected chi connectivity index (χ4v) is 9.33. The summed E-state index contributed by atoms with van der Waals surface area (Å²) in [5.74, 6) is -1.79. The van der Waals surface area contributed by atoms with Crippen LogP contribution in [-0.2, 0) is 36.1 Å². The minimum Gasteiger partial charge on any atom is -0.481 e. The van der Waals surface area contributed by atoms with Gasteiger partial charge in [-0.1, -0.05) is 77.9 Å². The van der Waals surface area contributed by atoms with Crippen molar-refractivity contribution in [2.75, 3.05) is 6.61 Å². The first-order valence-electron chi connectivity index (χ1n) is 19.3. The molecule has 13 heteroatoms. The van der Waals surface area contributed by atoms with Gasteiger partial charge in [0.25, 0.3) is 0 Å². The van der Waals surface area contributed by atoms with E-state index < -0.39 is 22.6 Å². The number of hydrogen-bond donors (Lipinski definition) is 4. The maximum Gasteiger partial charge on any atom is 0.307 e. The number of carboxylic acid groups (broad SMARTS) is 1. The molecular weight excluding hydrogens is 733 g/mol. The van der Waals surface area contributed by atoms with Crippen molar-refractivity contribution in [2.24, 2.45) is 11.8 Å². The van der Waals surface area contributed by atoms with E-state index in [1.807, 2.05) is 32.0 Å². The van der Waals surface area contributed by atoms with Crippen molar-refractivity contribution in [1.29, 1.82) is 0 Å². The highest BCUT2D eigenvalue weighted by Gasteiger charge is 2.49. The van der Waals surface area contributed by atoms with Crippen LogP contribution in [0.1, 0.15) is 100 Å². The summed E-state index contributed by atoms with van der Waals surface area (Å²) >= 11 is 0. The van der Waals surface area contributed by atoms with E-state index >= 15 is 0 Å². The number of benzene rings is 2. The van der Waals surface area contributed by atoms with E-state index in [0.29, 0.717) is 23.1 Å². The normalized spacial score (nSPS) is 21.1. The van der Waals surface area contributed by atoms with Gasteiger partial charge in [0.15, 0.2) is 28.2 Å². The summed E-state index contributed by atoms with van der Waals surface area (Å²) < 4.78 is 12.7. The number of ketones is 2. The largest absolute Gasteiger partial charge is 0.481 e. The van der Waals surface area contributed by atoms with Crippen molar-refractivity contribution in [3.63, 3.8) is 0 Å². The Morgan fingerprint density at radius 2 is 1.09 bits per heavy atom. The molecule has 4 rings (SSSR count). The van der Waals surface area contributed by atoms with Crippen LogP contribution in [0, 0.1) is 11.8 Å². The number of carbonyl (C=O) groups is 5. The van der Waals surface area contributed by atoms with Gasteiger partial charge in [0.1, 0.15) is 0 Å². The molecule has 4 N–H and O–H groups in total. The summed E-state index contributed by atoms with van der Waals surface area (Å²) in [6.07, 6.45) is 0.384. The summed E-state index contributed by atoms with van der Waals surface area (Å²) in [4.78, 5) is 60.6. The predicted molar refractivity (Wildman–Crippen MR) is 219 cm³/mol. The van der Waals surface area contributed by atoms with Crippen molar-refractivity contribution in [2.45, 2.75) is 142 Å². The summed E-state index contributed by atoms with van der Waals surface area (Å²) in [5, 5.41) is 23.8. The highest BCUT2D eigenvalue weighted by molar-refractivity contribution is 6.74. The van der Waals surface area contributed by atoms with Crippen LogP contribution in [-0.4, -0.2) is 87.1 Å². The minimum absolute atomic E-state index is 0.00400. The molecule has 55 heavy (non-hydrogen) atoms. The van der Waals surface area contributed by atoms with Gasteiger partial charge >= 0.3 is 5.97 Å². The smallest absolute Gasteiger partial charge is 0.307 e. The average molecular weight is 797 g/mol.